The molecule has 2 aliphatic heterocycles. The van der Waals surface area contributed by atoms with Crippen LogP contribution in [0.4, 0.5) is 0 Å². The van der Waals surface area contributed by atoms with Gasteiger partial charge in [-0.3, -0.25) is 0 Å². The van der Waals surface area contributed by atoms with Crippen LogP contribution in [0.2, 0.25) is 0 Å². The predicted octanol–water partition coefficient (Wildman–Crippen LogP) is -0.741. The molecule has 0 saturated heterocycles. The smallest absolute Gasteiger partial charge is 0.378 e. The van der Waals surface area contributed by atoms with E-state index in [1.807, 2.05) is 0 Å². The van der Waals surface area contributed by atoms with Crippen molar-refractivity contribution in [2.75, 3.05) is 6.61 Å². The summed E-state index contributed by atoms with van der Waals surface area (Å²) in [4.78, 5) is 11.3. The Labute approximate surface area is 86.0 Å². The van der Waals surface area contributed by atoms with E-state index in [2.05, 4.69) is 0 Å². The van der Waals surface area contributed by atoms with Crippen LogP contribution in [-0.2, 0) is 19.0 Å². The van der Waals surface area contributed by atoms with Crippen LogP contribution in [0.3, 0.4) is 0 Å². The number of hydrogen-bond donors (Lipinski definition) is 2. The number of ether oxygens (including phenoxy) is 3. The van der Waals surface area contributed by atoms with Gasteiger partial charge in [-0.15, -0.1) is 0 Å². The Hall–Kier alpha value is -1.27. The Morgan fingerprint density at radius 2 is 2.13 bits per heavy atom. The molecule has 84 valence electrons. The summed E-state index contributed by atoms with van der Waals surface area (Å²) < 4.78 is 15.3. The quantitative estimate of drug-likeness (QED) is 0.591. The first kappa shape index (κ1) is 10.3. The van der Waals surface area contributed by atoms with Gasteiger partial charge >= 0.3 is 5.97 Å². The summed E-state index contributed by atoms with van der Waals surface area (Å²) in [6.45, 7) is 2.76. The number of esters is 1. The van der Waals surface area contributed by atoms with Crippen LogP contribution in [0.15, 0.2) is 11.5 Å². The average Bonchev–Trinajstić information content (AvgIpc) is 2.61. The lowest BCUT2D eigenvalue weighted by Gasteiger charge is -2.24. The summed E-state index contributed by atoms with van der Waals surface area (Å²) in [5.74, 6) is -1.46. The van der Waals surface area contributed by atoms with E-state index in [0.717, 1.165) is 0 Å². The zero-order valence-corrected chi connectivity index (χ0v) is 8.39. The number of carbonyl (C=O) groups is 1. The lowest BCUT2D eigenvalue weighted by molar-refractivity contribution is -0.177. The number of rotatable bonds is 2. The van der Waals surface area contributed by atoms with E-state index in [1.54, 1.807) is 13.8 Å². The number of hydrogen-bond acceptors (Lipinski definition) is 6. The number of aliphatic hydroxyl groups excluding tert-OH is 2. The van der Waals surface area contributed by atoms with E-state index < -0.39 is 30.6 Å². The van der Waals surface area contributed by atoms with Gasteiger partial charge in [0.2, 0.25) is 5.79 Å². The third-order valence-electron chi connectivity index (χ3n) is 2.14. The predicted molar refractivity (Wildman–Crippen MR) is 46.2 cm³/mol. The largest absolute Gasteiger partial charge is 0.449 e. The van der Waals surface area contributed by atoms with Crippen molar-refractivity contribution in [3.05, 3.63) is 11.5 Å². The molecule has 2 heterocycles. The van der Waals surface area contributed by atoms with Gasteiger partial charge in [-0.1, -0.05) is 0 Å². The van der Waals surface area contributed by atoms with E-state index in [9.17, 15) is 9.90 Å². The third kappa shape index (κ3) is 1.55. The van der Waals surface area contributed by atoms with Gasteiger partial charge in [0.25, 0.3) is 5.76 Å². The van der Waals surface area contributed by atoms with Crippen molar-refractivity contribution in [2.45, 2.75) is 31.8 Å². The SMILES string of the molecule is CC1(C)OC2=C(O1)[C@@H]([C@@H](O)CO)OC2=O. The molecule has 0 bridgehead atoms. The second-order valence-electron chi connectivity index (χ2n) is 3.87. The second kappa shape index (κ2) is 3.11. The van der Waals surface area contributed by atoms with Crippen LogP contribution in [0, 0.1) is 0 Å². The molecule has 0 aromatic carbocycles. The normalized spacial score (nSPS) is 29.3. The van der Waals surface area contributed by atoms with Gasteiger partial charge in [0, 0.05) is 13.8 Å². The Kier molecular flexibility index (Phi) is 2.13. The van der Waals surface area contributed by atoms with Crippen molar-refractivity contribution in [1.29, 1.82) is 0 Å². The lowest BCUT2D eigenvalue weighted by Crippen LogP contribution is -2.35. The van der Waals surface area contributed by atoms with E-state index in [-0.39, 0.29) is 11.5 Å². The number of carbonyl (C=O) groups excluding carboxylic acids is 1. The van der Waals surface area contributed by atoms with Gasteiger partial charge in [0.05, 0.1) is 6.61 Å². The summed E-state index contributed by atoms with van der Waals surface area (Å²) in [7, 11) is 0. The molecule has 0 unspecified atom stereocenters. The minimum Gasteiger partial charge on any atom is -0.449 e. The molecule has 6 nitrogen and oxygen atoms in total. The van der Waals surface area contributed by atoms with E-state index in [4.69, 9.17) is 19.3 Å². The second-order valence-corrected chi connectivity index (χ2v) is 3.87. The van der Waals surface area contributed by atoms with Crippen LogP contribution in [0.5, 0.6) is 0 Å². The van der Waals surface area contributed by atoms with Crippen molar-refractivity contribution in [3.8, 4) is 0 Å². The molecule has 2 aliphatic rings. The molecule has 6 heteroatoms. The van der Waals surface area contributed by atoms with Gasteiger partial charge in [0.1, 0.15) is 6.10 Å². The number of cyclic esters (lactones) is 1. The van der Waals surface area contributed by atoms with Gasteiger partial charge in [-0.05, 0) is 0 Å². The highest BCUT2D eigenvalue weighted by atomic mass is 16.8. The summed E-state index contributed by atoms with van der Waals surface area (Å²) in [6.07, 6.45) is -2.17. The first-order chi connectivity index (χ1) is 6.94. The van der Waals surface area contributed by atoms with Crippen molar-refractivity contribution < 1.29 is 29.2 Å². The lowest BCUT2D eigenvalue weighted by atomic mass is 10.2. The summed E-state index contributed by atoms with van der Waals surface area (Å²) in [5.41, 5.74) is 0. The van der Waals surface area contributed by atoms with Gasteiger partial charge in [0.15, 0.2) is 11.9 Å². The Morgan fingerprint density at radius 3 is 2.73 bits per heavy atom. The molecule has 2 N–H and O–H groups in total. The highest BCUT2D eigenvalue weighted by molar-refractivity contribution is 5.90. The van der Waals surface area contributed by atoms with Crippen molar-refractivity contribution in [1.82, 2.24) is 0 Å². The molecular weight excluding hydrogens is 204 g/mol. The standard InChI is InChI=1S/C9H12O6/c1-9(2)14-6-5(4(11)3-10)13-8(12)7(6)15-9/h4-5,10-11H,3H2,1-2H3/t4-,5+/m0/s1. The maximum absolute atomic E-state index is 11.3. The van der Waals surface area contributed by atoms with Crippen LogP contribution in [-0.4, -0.2) is 40.8 Å². The maximum Gasteiger partial charge on any atom is 0.378 e. The molecular formula is C9H12O6. The molecule has 2 rings (SSSR count). The zero-order valence-electron chi connectivity index (χ0n) is 8.39. The van der Waals surface area contributed by atoms with Crippen LogP contribution < -0.4 is 0 Å². The number of aliphatic hydroxyl groups is 2. The Balaban J connectivity index is 2.24. The summed E-state index contributed by atoms with van der Waals surface area (Å²) >= 11 is 0. The minimum absolute atomic E-state index is 0.0162. The maximum atomic E-state index is 11.3. The van der Waals surface area contributed by atoms with Crippen molar-refractivity contribution >= 4 is 5.97 Å². The van der Waals surface area contributed by atoms with Crippen LogP contribution >= 0.6 is 0 Å². The molecule has 2 atom stereocenters. The van der Waals surface area contributed by atoms with E-state index in [1.165, 1.54) is 0 Å². The average molecular weight is 216 g/mol. The highest BCUT2D eigenvalue weighted by Crippen LogP contribution is 2.38. The highest BCUT2D eigenvalue weighted by Gasteiger charge is 2.50. The molecule has 0 saturated carbocycles. The van der Waals surface area contributed by atoms with Crippen LogP contribution in [0.25, 0.3) is 0 Å². The summed E-state index contributed by atoms with van der Waals surface area (Å²) in [6, 6.07) is 0. The molecule has 0 radical (unpaired) electrons. The monoisotopic (exact) mass is 216 g/mol. The molecule has 0 aromatic rings. The van der Waals surface area contributed by atoms with Crippen LogP contribution in [0.1, 0.15) is 13.8 Å². The Morgan fingerprint density at radius 1 is 1.47 bits per heavy atom. The van der Waals surface area contributed by atoms with Crippen molar-refractivity contribution in [3.63, 3.8) is 0 Å². The molecule has 0 aromatic heterocycles. The molecule has 0 aliphatic carbocycles. The minimum atomic E-state index is -1.20. The van der Waals surface area contributed by atoms with E-state index >= 15 is 0 Å². The fourth-order valence-corrected chi connectivity index (χ4v) is 1.53. The topological polar surface area (TPSA) is 85.2 Å². The molecule has 15 heavy (non-hydrogen) atoms. The zero-order chi connectivity index (χ0) is 11.2. The first-order valence-electron chi connectivity index (χ1n) is 4.57. The van der Waals surface area contributed by atoms with Crippen molar-refractivity contribution in [2.24, 2.45) is 0 Å². The molecule has 0 spiro atoms. The third-order valence-corrected chi connectivity index (χ3v) is 2.14. The van der Waals surface area contributed by atoms with E-state index in [0.29, 0.717) is 0 Å². The van der Waals surface area contributed by atoms with Gasteiger partial charge in [-0.25, -0.2) is 4.79 Å². The molecule has 0 fully saturated rings. The fraction of sp³-hybridized carbons (Fsp3) is 0.667. The van der Waals surface area contributed by atoms with Gasteiger partial charge < -0.3 is 24.4 Å². The molecule has 0 amide bonds. The van der Waals surface area contributed by atoms with Gasteiger partial charge in [-0.2, -0.15) is 0 Å². The summed E-state index contributed by atoms with van der Waals surface area (Å²) in [5, 5.41) is 18.2. The fourth-order valence-electron chi connectivity index (χ4n) is 1.53. The first-order valence-corrected chi connectivity index (χ1v) is 4.57. The Bertz CT molecular complexity index is 331.